The third-order valence-electron chi connectivity index (χ3n) is 13.5. The molecule has 1 aliphatic heterocycles. The molecule has 3 saturated carbocycles. The summed E-state index contributed by atoms with van der Waals surface area (Å²) in [5, 5.41) is 40.4. The summed E-state index contributed by atoms with van der Waals surface area (Å²) in [5.74, 6) is 5.66. The average Bonchev–Trinajstić information content (AvgIpc) is 3.30. The van der Waals surface area contributed by atoms with Crippen LogP contribution in [-0.2, 0) is 9.47 Å². The number of fused-ring (bicyclic) bond motifs is 5. The zero-order valence-corrected chi connectivity index (χ0v) is 26.7. The highest BCUT2D eigenvalue weighted by Gasteiger charge is 2.59. The Morgan fingerprint density at radius 1 is 0.951 bits per heavy atom. The Hall–Kier alpha value is -0.500. The van der Waals surface area contributed by atoms with E-state index in [-0.39, 0.29) is 11.5 Å². The molecule has 0 radical (unpaired) electrons. The molecule has 0 amide bonds. The molecule has 6 nitrogen and oxygen atoms in total. The Morgan fingerprint density at radius 3 is 2.39 bits per heavy atom. The average molecular weight is 577 g/mol. The van der Waals surface area contributed by atoms with E-state index in [0.29, 0.717) is 5.41 Å². The molecule has 4 aliphatic carbocycles. The molecule has 41 heavy (non-hydrogen) atoms. The van der Waals surface area contributed by atoms with Crippen molar-refractivity contribution in [2.24, 2.45) is 52.3 Å². The second-order valence-electron chi connectivity index (χ2n) is 15.7. The lowest BCUT2D eigenvalue weighted by molar-refractivity contribution is -0.313. The van der Waals surface area contributed by atoms with Crippen LogP contribution in [0.3, 0.4) is 0 Å². The van der Waals surface area contributed by atoms with Crippen LogP contribution in [0.2, 0.25) is 0 Å². The molecule has 4 fully saturated rings. The second kappa shape index (κ2) is 12.5. The quantitative estimate of drug-likeness (QED) is 0.257. The highest BCUT2D eigenvalue weighted by atomic mass is 16.7. The fraction of sp³-hybridized carbons (Fsp3) is 0.943. The van der Waals surface area contributed by atoms with E-state index in [4.69, 9.17) is 9.47 Å². The molecule has 0 unspecified atom stereocenters. The fourth-order valence-electron chi connectivity index (χ4n) is 10.8. The number of ether oxygens (including phenoxy) is 2. The summed E-state index contributed by atoms with van der Waals surface area (Å²) in [6.45, 7) is 14.5. The first-order valence-corrected chi connectivity index (χ1v) is 17.1. The molecule has 0 aromatic rings. The van der Waals surface area contributed by atoms with Crippen molar-refractivity contribution in [2.45, 2.75) is 149 Å². The molecule has 1 saturated heterocycles. The summed E-state index contributed by atoms with van der Waals surface area (Å²) in [5.41, 5.74) is 2.19. The van der Waals surface area contributed by atoms with Gasteiger partial charge in [0.1, 0.15) is 24.4 Å². The topological polar surface area (TPSA) is 99.4 Å². The van der Waals surface area contributed by atoms with Gasteiger partial charge in [0.25, 0.3) is 0 Å². The Morgan fingerprint density at radius 2 is 1.71 bits per heavy atom. The number of aliphatic hydroxyl groups excluding tert-OH is 4. The maximum atomic E-state index is 10.5. The lowest BCUT2D eigenvalue weighted by Gasteiger charge is -2.58. The molecule has 0 aromatic heterocycles. The van der Waals surface area contributed by atoms with Gasteiger partial charge in [-0.25, -0.2) is 0 Å². The first-order valence-electron chi connectivity index (χ1n) is 17.1. The van der Waals surface area contributed by atoms with Gasteiger partial charge in [-0.3, -0.25) is 0 Å². The lowest BCUT2D eigenvalue weighted by atomic mass is 9.47. The summed E-state index contributed by atoms with van der Waals surface area (Å²) in [4.78, 5) is 0. The summed E-state index contributed by atoms with van der Waals surface area (Å²) < 4.78 is 11.9. The van der Waals surface area contributed by atoms with Crippen LogP contribution < -0.4 is 0 Å². The molecule has 0 bridgehead atoms. The van der Waals surface area contributed by atoms with Crippen LogP contribution in [0, 0.1) is 52.3 Å². The first kappa shape index (κ1) is 31.9. The molecule has 236 valence electrons. The molecule has 0 spiro atoms. The van der Waals surface area contributed by atoms with Crippen LogP contribution in [0.4, 0.5) is 0 Å². The van der Waals surface area contributed by atoms with E-state index in [0.717, 1.165) is 60.7 Å². The van der Waals surface area contributed by atoms with E-state index >= 15 is 0 Å². The van der Waals surface area contributed by atoms with Crippen LogP contribution in [0.15, 0.2) is 11.6 Å². The van der Waals surface area contributed by atoms with E-state index in [1.807, 2.05) is 0 Å². The zero-order chi connectivity index (χ0) is 29.7. The maximum Gasteiger partial charge on any atom is 0.186 e. The Labute approximate surface area is 249 Å². The second-order valence-corrected chi connectivity index (χ2v) is 15.7. The normalized spacial score (nSPS) is 47.7. The number of aliphatic hydroxyl groups is 4. The monoisotopic (exact) mass is 576 g/mol. The first-order chi connectivity index (χ1) is 19.4. The van der Waals surface area contributed by atoms with Crippen molar-refractivity contribution in [3.8, 4) is 0 Å². The van der Waals surface area contributed by atoms with Gasteiger partial charge in [0.2, 0.25) is 0 Å². The van der Waals surface area contributed by atoms with Gasteiger partial charge in [-0.1, -0.05) is 66.0 Å². The fourth-order valence-corrected chi connectivity index (χ4v) is 10.8. The maximum absolute atomic E-state index is 10.5. The largest absolute Gasteiger partial charge is 0.394 e. The smallest absolute Gasteiger partial charge is 0.186 e. The highest BCUT2D eigenvalue weighted by Crippen LogP contribution is 2.67. The Balaban J connectivity index is 1.24. The molecule has 5 aliphatic rings. The van der Waals surface area contributed by atoms with Crippen LogP contribution in [0.1, 0.15) is 112 Å². The van der Waals surface area contributed by atoms with Gasteiger partial charge in [0.15, 0.2) is 6.29 Å². The van der Waals surface area contributed by atoms with Crippen molar-refractivity contribution in [2.75, 3.05) is 6.61 Å². The Kier molecular flexibility index (Phi) is 9.71. The summed E-state index contributed by atoms with van der Waals surface area (Å²) >= 11 is 0. The SMILES string of the molecule is CC[C@@H](CC[C@@H](C)[C@H]1CC[C@H]2[C@@H]3CC=C4C[C@@H](O[C@H]5O[C@@H](CO)[C@@H](O)[C@@H](O)[C@H]5O)CC[C@]4(C)[C@H]3CC[C@]12C)C(C)C. The van der Waals surface area contributed by atoms with Crippen molar-refractivity contribution in [1.82, 2.24) is 0 Å². The predicted octanol–water partition coefficient (Wildman–Crippen LogP) is 5.85. The summed E-state index contributed by atoms with van der Waals surface area (Å²) in [7, 11) is 0. The van der Waals surface area contributed by atoms with Gasteiger partial charge in [-0.2, -0.15) is 0 Å². The minimum absolute atomic E-state index is 0.101. The molecule has 1 heterocycles. The molecule has 5 rings (SSSR count). The highest BCUT2D eigenvalue weighted by molar-refractivity contribution is 5.25. The Bertz CT molecular complexity index is 918. The van der Waals surface area contributed by atoms with E-state index < -0.39 is 37.3 Å². The molecule has 14 atom stereocenters. The molecule has 6 heteroatoms. The van der Waals surface area contributed by atoms with Crippen LogP contribution in [0.25, 0.3) is 0 Å². The van der Waals surface area contributed by atoms with Crippen molar-refractivity contribution in [1.29, 1.82) is 0 Å². The predicted molar refractivity (Wildman–Crippen MR) is 161 cm³/mol. The summed E-state index contributed by atoms with van der Waals surface area (Å²) in [6.07, 6.45) is 9.92. The molecule has 4 N–H and O–H groups in total. The van der Waals surface area contributed by atoms with Crippen molar-refractivity contribution >= 4 is 0 Å². The van der Waals surface area contributed by atoms with E-state index in [1.54, 1.807) is 0 Å². The third-order valence-corrected chi connectivity index (χ3v) is 13.5. The minimum atomic E-state index is -1.40. The molecular weight excluding hydrogens is 516 g/mol. The van der Waals surface area contributed by atoms with Crippen molar-refractivity contribution in [3.63, 3.8) is 0 Å². The molecular formula is C35H60O6. The van der Waals surface area contributed by atoms with Gasteiger partial charge in [0.05, 0.1) is 12.7 Å². The van der Waals surface area contributed by atoms with Gasteiger partial charge >= 0.3 is 0 Å². The number of hydrogen-bond donors (Lipinski definition) is 4. The number of rotatable bonds is 9. The van der Waals surface area contributed by atoms with Crippen molar-refractivity contribution in [3.05, 3.63) is 11.6 Å². The number of allylic oxidation sites excluding steroid dienone is 1. The van der Waals surface area contributed by atoms with Gasteiger partial charge < -0.3 is 29.9 Å². The summed E-state index contributed by atoms with van der Waals surface area (Å²) in [6, 6.07) is 0. The van der Waals surface area contributed by atoms with E-state index in [2.05, 4.69) is 47.6 Å². The standard InChI is InChI=1S/C35H60O6/c1-7-22(20(2)3)9-8-21(4)26-12-13-27-25-11-10-23-18-24(14-16-34(23,5)28(25)15-17-35(26,27)6)40-33-32(39)31(38)30(37)29(19-36)41-33/h10,20-22,24-33,36-39H,7-9,11-19H2,1-6H3/t21-,22+,24+,25+,26-,27+,28+,29+,30-,31-,32-,33+,34+,35-/m1/s1. The van der Waals surface area contributed by atoms with Crippen LogP contribution in [0.5, 0.6) is 0 Å². The zero-order valence-electron chi connectivity index (χ0n) is 26.7. The molecule has 0 aromatic carbocycles. The van der Waals surface area contributed by atoms with E-state index in [9.17, 15) is 20.4 Å². The van der Waals surface area contributed by atoms with Gasteiger partial charge in [-0.15, -0.1) is 0 Å². The van der Waals surface area contributed by atoms with Crippen LogP contribution in [-0.4, -0.2) is 63.8 Å². The van der Waals surface area contributed by atoms with Gasteiger partial charge in [-0.05, 0) is 110 Å². The van der Waals surface area contributed by atoms with Crippen molar-refractivity contribution < 1.29 is 29.9 Å². The van der Waals surface area contributed by atoms with Crippen LogP contribution >= 0.6 is 0 Å². The lowest BCUT2D eigenvalue weighted by Crippen LogP contribution is -2.60. The number of hydrogen-bond acceptors (Lipinski definition) is 6. The van der Waals surface area contributed by atoms with Gasteiger partial charge in [0, 0.05) is 0 Å². The van der Waals surface area contributed by atoms with E-state index in [1.165, 1.54) is 56.9 Å². The third kappa shape index (κ3) is 5.73. The minimum Gasteiger partial charge on any atom is -0.394 e.